The van der Waals surface area contributed by atoms with Gasteiger partial charge in [-0.3, -0.25) is 4.98 Å². The molecule has 1 spiro atoms. The van der Waals surface area contributed by atoms with Crippen LogP contribution in [0.4, 0.5) is 27.5 Å². The molecule has 43 heavy (non-hydrogen) atoms. The van der Waals surface area contributed by atoms with Crippen LogP contribution >= 0.6 is 12.3 Å². The highest BCUT2D eigenvalue weighted by molar-refractivity contribution is 7.92. The Morgan fingerprint density at radius 1 is 1.12 bits per heavy atom. The number of carbonyl (C=O) groups excluding carboxylic acids is 1. The average molecular weight is 621 g/mol. The summed E-state index contributed by atoms with van der Waals surface area (Å²) < 4.78 is 68.6. The fourth-order valence-corrected chi connectivity index (χ4v) is 5.99. The number of aromatic nitrogens is 6. The number of methoxy groups -OCH3 is 1. The topological polar surface area (TPSA) is 103 Å². The molecule has 4 aromatic heterocycles. The van der Waals surface area contributed by atoms with E-state index in [-0.39, 0.29) is 57.8 Å². The van der Waals surface area contributed by atoms with Gasteiger partial charge < -0.3 is 19.3 Å². The highest BCUT2D eigenvalue weighted by atomic mass is 32.2. The summed E-state index contributed by atoms with van der Waals surface area (Å²) in [5.74, 6) is 0.251. The molecule has 4 aromatic rings. The van der Waals surface area contributed by atoms with Gasteiger partial charge in [-0.2, -0.15) is 27.5 Å². The maximum Gasteiger partial charge on any atom is 0.410 e. The first kappa shape index (κ1) is 29.0. The molecule has 0 N–H and O–H groups in total. The number of hydrogen-bond donors (Lipinski definition) is 0. The van der Waals surface area contributed by atoms with Gasteiger partial charge in [-0.05, 0) is 39.0 Å². The van der Waals surface area contributed by atoms with Crippen molar-refractivity contribution < 1.29 is 31.3 Å². The summed E-state index contributed by atoms with van der Waals surface area (Å²) in [5.41, 5.74) is 0.514. The Labute approximate surface area is 248 Å². The van der Waals surface area contributed by atoms with Crippen molar-refractivity contribution in [3.05, 3.63) is 42.5 Å². The van der Waals surface area contributed by atoms with E-state index < -0.39 is 18.2 Å². The molecule has 6 rings (SSSR count). The number of ether oxygens (including phenoxy) is 2. The van der Waals surface area contributed by atoms with Crippen LogP contribution in [0.5, 0.6) is 5.75 Å². The lowest BCUT2D eigenvalue weighted by Gasteiger charge is -2.60. The Kier molecular flexibility index (Phi) is 6.93. The molecular weight excluding hydrogens is 592 g/mol. The molecule has 16 heteroatoms. The van der Waals surface area contributed by atoms with Gasteiger partial charge >= 0.3 is 12.3 Å². The number of likely N-dealkylation sites (tertiary alicyclic amines) is 1. The number of amides is 1. The Bertz CT molecular complexity index is 1670. The highest BCUT2D eigenvalue weighted by Crippen LogP contribution is 2.43. The first-order valence-corrected chi connectivity index (χ1v) is 14.0. The van der Waals surface area contributed by atoms with Crippen LogP contribution in [0.3, 0.4) is 0 Å². The van der Waals surface area contributed by atoms with Crippen molar-refractivity contribution in [3.63, 3.8) is 0 Å². The molecule has 2 aliphatic heterocycles. The summed E-state index contributed by atoms with van der Waals surface area (Å²) in [4.78, 5) is 24.6. The third kappa shape index (κ3) is 5.55. The fraction of sp³-hybridized carbons (Fsp3) is 0.444. The molecule has 11 nitrogen and oxygen atoms in total. The van der Waals surface area contributed by atoms with Crippen molar-refractivity contribution in [1.29, 1.82) is 0 Å². The Morgan fingerprint density at radius 2 is 1.86 bits per heavy atom. The number of carbonyl (C=O) groups is 1. The molecule has 2 fully saturated rings. The second-order valence-electron chi connectivity index (χ2n) is 11.8. The second kappa shape index (κ2) is 10.3. The molecule has 0 aliphatic carbocycles. The minimum Gasteiger partial charge on any atom is -0.493 e. The standard InChI is InChI=1S/C27H28F4N8O3S/c1-25(2,3)42-24(40)37-13-26(14-37)11-36(12-26)17-5-6-19(32-9-17)21-18(8-27(28,29)30)22(39(35-21)43-31)16-7-20(41-4)23-33-15-34-38(23)10-16/h5-7,9-10,15H,8,11-14H2,1-4H3. The van der Waals surface area contributed by atoms with E-state index in [0.29, 0.717) is 31.8 Å². The van der Waals surface area contributed by atoms with Crippen molar-refractivity contribution in [1.82, 2.24) is 33.7 Å². The third-order valence-electron chi connectivity index (χ3n) is 7.34. The van der Waals surface area contributed by atoms with Gasteiger partial charge in [-0.25, -0.2) is 14.3 Å². The van der Waals surface area contributed by atoms with Crippen LogP contribution < -0.4 is 9.64 Å². The summed E-state index contributed by atoms with van der Waals surface area (Å²) >= 11 is -0.320. The van der Waals surface area contributed by atoms with Crippen molar-refractivity contribution >= 4 is 29.8 Å². The zero-order valence-electron chi connectivity index (χ0n) is 23.7. The number of rotatable bonds is 6. The van der Waals surface area contributed by atoms with Crippen LogP contribution in [-0.2, 0) is 11.2 Å². The SMILES string of the molecule is COc1cc(-c2c(CC(F)(F)F)c(-c3ccc(N4CC5(CN(C(=O)OC(C)(C)C)C5)C4)cn3)nn2SF)cn2ncnc12. The maximum atomic E-state index is 14.2. The van der Waals surface area contributed by atoms with E-state index in [4.69, 9.17) is 9.47 Å². The molecule has 0 aromatic carbocycles. The second-order valence-corrected chi connectivity index (χ2v) is 12.3. The molecule has 0 atom stereocenters. The summed E-state index contributed by atoms with van der Waals surface area (Å²) in [5, 5.41) is 8.24. The van der Waals surface area contributed by atoms with E-state index >= 15 is 0 Å². The first-order valence-electron chi connectivity index (χ1n) is 13.3. The van der Waals surface area contributed by atoms with E-state index in [0.717, 1.165) is 9.77 Å². The van der Waals surface area contributed by atoms with E-state index in [2.05, 4.69) is 25.1 Å². The van der Waals surface area contributed by atoms with Gasteiger partial charge in [-0.1, -0.05) is 0 Å². The Morgan fingerprint density at radius 3 is 2.47 bits per heavy atom. The normalized spacial score (nSPS) is 16.4. The molecule has 1 amide bonds. The number of anilines is 1. The van der Waals surface area contributed by atoms with Gasteiger partial charge in [0.15, 0.2) is 23.7 Å². The predicted octanol–water partition coefficient (Wildman–Crippen LogP) is 5.21. The summed E-state index contributed by atoms with van der Waals surface area (Å²) in [6.07, 6.45) is -2.02. The molecule has 0 saturated carbocycles. The van der Waals surface area contributed by atoms with Crippen LogP contribution in [0, 0.1) is 5.41 Å². The number of nitrogens with zero attached hydrogens (tertiary/aromatic N) is 8. The van der Waals surface area contributed by atoms with E-state index in [1.54, 1.807) is 23.2 Å². The first-order chi connectivity index (χ1) is 20.3. The minimum absolute atomic E-state index is 0.0201. The van der Waals surface area contributed by atoms with Crippen LogP contribution in [0.1, 0.15) is 26.3 Å². The molecule has 2 aliphatic rings. The molecule has 0 radical (unpaired) electrons. The quantitative estimate of drug-likeness (QED) is 0.269. The molecule has 0 bridgehead atoms. The van der Waals surface area contributed by atoms with Gasteiger partial charge in [0.05, 0.1) is 36.8 Å². The molecule has 6 heterocycles. The maximum absolute atomic E-state index is 14.2. The largest absolute Gasteiger partial charge is 0.493 e. The molecular formula is C27H28F4N8O3S. The zero-order valence-corrected chi connectivity index (χ0v) is 24.5. The van der Waals surface area contributed by atoms with Crippen LogP contribution in [0.25, 0.3) is 28.3 Å². The fourth-order valence-electron chi connectivity index (χ4n) is 5.59. The van der Waals surface area contributed by atoms with Gasteiger partial charge in [0.1, 0.15) is 17.6 Å². The van der Waals surface area contributed by atoms with Gasteiger partial charge in [0.25, 0.3) is 0 Å². The van der Waals surface area contributed by atoms with Crippen LogP contribution in [-0.4, -0.2) is 84.8 Å². The van der Waals surface area contributed by atoms with Crippen molar-refractivity contribution in [2.75, 3.05) is 38.2 Å². The van der Waals surface area contributed by atoms with Gasteiger partial charge in [0, 0.05) is 48.9 Å². The van der Waals surface area contributed by atoms with E-state index in [9.17, 15) is 21.9 Å². The predicted molar refractivity (Wildman–Crippen MR) is 150 cm³/mol. The monoisotopic (exact) mass is 620 g/mol. The zero-order chi connectivity index (χ0) is 30.7. The van der Waals surface area contributed by atoms with Gasteiger partial charge in [-0.15, -0.1) is 3.89 Å². The molecule has 0 unspecified atom stereocenters. The highest BCUT2D eigenvalue weighted by Gasteiger charge is 2.54. The van der Waals surface area contributed by atoms with Crippen molar-refractivity contribution in [3.8, 4) is 28.4 Å². The number of pyridine rings is 2. The van der Waals surface area contributed by atoms with Crippen LogP contribution in [0.15, 0.2) is 36.9 Å². The van der Waals surface area contributed by atoms with Crippen molar-refractivity contribution in [2.45, 2.75) is 39.0 Å². The third-order valence-corrected chi connectivity index (χ3v) is 7.74. The van der Waals surface area contributed by atoms with Crippen molar-refractivity contribution in [2.24, 2.45) is 5.41 Å². The number of hydrogen-bond acceptors (Lipinski definition) is 9. The summed E-state index contributed by atoms with van der Waals surface area (Å²) in [7, 11) is 1.39. The minimum atomic E-state index is -4.61. The lowest BCUT2D eigenvalue weighted by molar-refractivity contribution is -0.127. The lowest BCUT2D eigenvalue weighted by atomic mass is 9.73. The summed E-state index contributed by atoms with van der Waals surface area (Å²) in [6, 6.07) is 4.80. The number of halogens is 4. The van der Waals surface area contributed by atoms with Crippen LogP contribution in [0.2, 0.25) is 0 Å². The van der Waals surface area contributed by atoms with Gasteiger partial charge in [0.2, 0.25) is 0 Å². The number of fused-ring (bicyclic) bond motifs is 1. The van der Waals surface area contributed by atoms with E-state index in [1.807, 2.05) is 20.8 Å². The van der Waals surface area contributed by atoms with E-state index in [1.165, 1.54) is 30.2 Å². The molecule has 2 saturated heterocycles. The smallest absolute Gasteiger partial charge is 0.410 e. The average Bonchev–Trinajstić information content (AvgIpc) is 3.49. The lowest BCUT2D eigenvalue weighted by Crippen LogP contribution is -2.73. The Hall–Kier alpha value is -4.08. The summed E-state index contributed by atoms with van der Waals surface area (Å²) in [6.45, 7) is 8.07. The molecule has 228 valence electrons. The Balaban J connectivity index is 1.25. The number of alkyl halides is 3.